The average Bonchev–Trinajstić information content (AvgIpc) is 2.87. The molecule has 1 amide bonds. The molecule has 1 heterocycles. The number of benzene rings is 1. The second kappa shape index (κ2) is 5.84. The van der Waals surface area contributed by atoms with E-state index in [9.17, 15) is 4.79 Å². The molecule has 1 aromatic heterocycles. The highest BCUT2D eigenvalue weighted by Gasteiger charge is 2.16. The number of carbonyl (C=O) groups excluding carboxylic acids is 1. The molecule has 0 saturated heterocycles. The summed E-state index contributed by atoms with van der Waals surface area (Å²) in [6, 6.07) is 5.81. The Morgan fingerprint density at radius 1 is 1.42 bits per heavy atom. The van der Waals surface area contributed by atoms with Gasteiger partial charge in [-0.05, 0) is 38.0 Å². The van der Waals surface area contributed by atoms with E-state index in [0.717, 1.165) is 16.9 Å². The Hall–Kier alpha value is -1.88. The first-order chi connectivity index (χ1) is 9.08. The predicted octanol–water partition coefficient (Wildman–Crippen LogP) is 3.17. The summed E-state index contributed by atoms with van der Waals surface area (Å²) >= 11 is 1.38. The number of thiazole rings is 1. The van der Waals surface area contributed by atoms with Gasteiger partial charge in [0.25, 0.3) is 5.91 Å². The summed E-state index contributed by atoms with van der Waals surface area (Å²) < 4.78 is 5.70. The lowest BCUT2D eigenvalue weighted by Gasteiger charge is -2.16. The molecule has 19 heavy (non-hydrogen) atoms. The van der Waals surface area contributed by atoms with Gasteiger partial charge >= 0.3 is 0 Å². The Balaban J connectivity index is 2.02. The van der Waals surface area contributed by atoms with E-state index in [-0.39, 0.29) is 5.91 Å². The molecule has 0 spiro atoms. The van der Waals surface area contributed by atoms with Crippen molar-refractivity contribution in [3.05, 3.63) is 40.9 Å². The van der Waals surface area contributed by atoms with Crippen molar-refractivity contribution < 1.29 is 9.53 Å². The summed E-state index contributed by atoms with van der Waals surface area (Å²) in [5.74, 6) is 0.539. The quantitative estimate of drug-likeness (QED) is 0.933. The number of aryl methyl sites for hydroxylation is 1. The van der Waals surface area contributed by atoms with Crippen LogP contribution < -0.4 is 10.1 Å². The number of hydrogen-bond acceptors (Lipinski definition) is 4. The maximum absolute atomic E-state index is 11.9. The first-order valence-electron chi connectivity index (χ1n) is 6.01. The van der Waals surface area contributed by atoms with Crippen LogP contribution >= 0.6 is 11.3 Å². The lowest BCUT2D eigenvalue weighted by atomic mass is 10.1. The summed E-state index contributed by atoms with van der Waals surface area (Å²) in [6.07, 6.45) is 1.08. The number of carbonyl (C=O) groups is 1. The van der Waals surface area contributed by atoms with Gasteiger partial charge in [0.1, 0.15) is 5.75 Å². The van der Waals surface area contributed by atoms with Crippen molar-refractivity contribution in [1.29, 1.82) is 0 Å². The molecule has 100 valence electrons. The first-order valence-corrected chi connectivity index (χ1v) is 6.89. The Morgan fingerprint density at radius 3 is 2.89 bits per heavy atom. The smallest absolute Gasteiger partial charge is 0.266 e. The lowest BCUT2D eigenvalue weighted by molar-refractivity contribution is -0.122. The third kappa shape index (κ3) is 3.32. The number of anilines is 1. The van der Waals surface area contributed by atoms with E-state index < -0.39 is 6.10 Å². The molecular formula is C14H16N2O2S. The minimum Gasteiger partial charge on any atom is -0.481 e. The molecule has 0 fully saturated rings. The molecule has 0 aliphatic heterocycles. The predicted molar refractivity (Wildman–Crippen MR) is 76.7 cm³/mol. The van der Waals surface area contributed by atoms with E-state index in [2.05, 4.69) is 10.3 Å². The Labute approximate surface area is 116 Å². The number of amides is 1. The molecule has 1 aromatic carbocycles. The summed E-state index contributed by atoms with van der Waals surface area (Å²) in [7, 11) is 0. The second-order valence-corrected chi connectivity index (χ2v) is 5.18. The molecule has 1 atom stereocenters. The van der Waals surface area contributed by atoms with E-state index in [1.54, 1.807) is 13.1 Å². The lowest BCUT2D eigenvalue weighted by Crippen LogP contribution is -2.30. The van der Waals surface area contributed by atoms with Gasteiger partial charge in [-0.2, -0.15) is 0 Å². The van der Waals surface area contributed by atoms with Crippen LogP contribution in [-0.4, -0.2) is 17.0 Å². The summed E-state index contributed by atoms with van der Waals surface area (Å²) in [6.45, 7) is 5.73. The largest absolute Gasteiger partial charge is 0.481 e. The van der Waals surface area contributed by atoms with Crippen LogP contribution in [0.25, 0.3) is 0 Å². The van der Waals surface area contributed by atoms with Gasteiger partial charge in [-0.3, -0.25) is 10.1 Å². The highest BCUT2D eigenvalue weighted by Crippen LogP contribution is 2.22. The summed E-state index contributed by atoms with van der Waals surface area (Å²) in [5.41, 5.74) is 2.20. The first kappa shape index (κ1) is 13.5. The molecular weight excluding hydrogens is 260 g/mol. The zero-order valence-electron chi connectivity index (χ0n) is 11.1. The van der Waals surface area contributed by atoms with Gasteiger partial charge in [0.2, 0.25) is 0 Å². The van der Waals surface area contributed by atoms with E-state index in [0.29, 0.717) is 5.13 Å². The van der Waals surface area contributed by atoms with Crippen molar-refractivity contribution in [2.75, 3.05) is 5.32 Å². The summed E-state index contributed by atoms with van der Waals surface area (Å²) in [5, 5.41) is 5.12. The highest BCUT2D eigenvalue weighted by atomic mass is 32.1. The van der Waals surface area contributed by atoms with Crippen LogP contribution in [-0.2, 0) is 4.79 Å². The van der Waals surface area contributed by atoms with E-state index in [1.165, 1.54) is 11.3 Å². The van der Waals surface area contributed by atoms with Crippen LogP contribution in [0.5, 0.6) is 5.75 Å². The number of rotatable bonds is 4. The molecule has 0 radical (unpaired) electrons. The van der Waals surface area contributed by atoms with Crippen LogP contribution in [0.3, 0.4) is 0 Å². The monoisotopic (exact) mass is 276 g/mol. The molecule has 2 rings (SSSR count). The van der Waals surface area contributed by atoms with Gasteiger partial charge in [-0.25, -0.2) is 4.98 Å². The second-order valence-electron chi connectivity index (χ2n) is 4.28. The van der Waals surface area contributed by atoms with Gasteiger partial charge in [0.05, 0.1) is 0 Å². The van der Waals surface area contributed by atoms with Gasteiger partial charge in [0.15, 0.2) is 11.2 Å². The maximum atomic E-state index is 11.9. The topological polar surface area (TPSA) is 51.2 Å². The minimum absolute atomic E-state index is 0.198. The molecule has 1 N–H and O–H groups in total. The normalized spacial score (nSPS) is 11.9. The number of nitrogens with one attached hydrogen (secondary N) is 1. The maximum Gasteiger partial charge on any atom is 0.266 e. The van der Waals surface area contributed by atoms with Crippen LogP contribution in [0.15, 0.2) is 29.8 Å². The molecule has 5 heteroatoms. The van der Waals surface area contributed by atoms with Crippen molar-refractivity contribution in [2.24, 2.45) is 0 Å². The number of nitrogens with zero attached hydrogens (tertiary/aromatic N) is 1. The summed E-state index contributed by atoms with van der Waals surface area (Å²) in [4.78, 5) is 15.9. The Kier molecular flexibility index (Phi) is 4.16. The van der Waals surface area contributed by atoms with E-state index in [4.69, 9.17) is 4.74 Å². The molecule has 0 saturated carbocycles. The number of aromatic nitrogens is 1. The van der Waals surface area contributed by atoms with Crippen LogP contribution in [0.4, 0.5) is 5.13 Å². The van der Waals surface area contributed by atoms with Gasteiger partial charge in [-0.15, -0.1) is 11.3 Å². The van der Waals surface area contributed by atoms with Crippen molar-refractivity contribution in [3.8, 4) is 5.75 Å². The van der Waals surface area contributed by atoms with E-state index in [1.807, 2.05) is 37.4 Å². The fourth-order valence-corrected chi connectivity index (χ4v) is 2.12. The van der Waals surface area contributed by atoms with Gasteiger partial charge in [-0.1, -0.05) is 12.1 Å². The van der Waals surface area contributed by atoms with Crippen LogP contribution in [0, 0.1) is 13.8 Å². The number of ether oxygens (including phenoxy) is 1. The fraction of sp³-hybridized carbons (Fsp3) is 0.286. The Morgan fingerprint density at radius 2 is 2.21 bits per heavy atom. The molecule has 2 aromatic rings. The number of hydrogen-bond donors (Lipinski definition) is 1. The third-order valence-electron chi connectivity index (χ3n) is 2.89. The molecule has 0 bridgehead atoms. The van der Waals surface area contributed by atoms with Gasteiger partial charge in [0, 0.05) is 11.6 Å². The van der Waals surface area contributed by atoms with Crippen molar-refractivity contribution in [2.45, 2.75) is 26.9 Å². The van der Waals surface area contributed by atoms with Crippen molar-refractivity contribution in [3.63, 3.8) is 0 Å². The van der Waals surface area contributed by atoms with Crippen LogP contribution in [0.1, 0.15) is 18.1 Å². The average molecular weight is 276 g/mol. The molecule has 4 nitrogen and oxygen atoms in total. The minimum atomic E-state index is -0.565. The molecule has 0 aliphatic rings. The molecule has 0 unspecified atom stereocenters. The van der Waals surface area contributed by atoms with Crippen molar-refractivity contribution in [1.82, 2.24) is 4.98 Å². The highest BCUT2D eigenvalue weighted by molar-refractivity contribution is 7.13. The zero-order valence-corrected chi connectivity index (χ0v) is 12.0. The van der Waals surface area contributed by atoms with E-state index >= 15 is 0 Å². The van der Waals surface area contributed by atoms with Gasteiger partial charge < -0.3 is 4.74 Å². The SMILES string of the molecule is Cc1cccc(O[C@@H](C)C(=O)Nc2nccs2)c1C. The van der Waals surface area contributed by atoms with Crippen LogP contribution in [0.2, 0.25) is 0 Å². The Bertz CT molecular complexity index is 567. The standard InChI is InChI=1S/C14H16N2O2S/c1-9-5-4-6-12(10(9)2)18-11(3)13(17)16-14-15-7-8-19-14/h4-8,11H,1-3H3,(H,15,16,17)/t11-/m0/s1. The third-order valence-corrected chi connectivity index (χ3v) is 3.58. The van der Waals surface area contributed by atoms with Crippen molar-refractivity contribution >= 4 is 22.4 Å². The zero-order chi connectivity index (χ0) is 13.8. The fourth-order valence-electron chi connectivity index (χ4n) is 1.59. The molecule has 0 aliphatic carbocycles.